The molecule has 4 rings (SSSR count). The van der Waals surface area contributed by atoms with Gasteiger partial charge in [0.05, 0.1) is 17.9 Å². The minimum Gasteiger partial charge on any atom is -0.493 e. The number of hydrogen-bond acceptors (Lipinski definition) is 3. The first kappa shape index (κ1) is 21.2. The zero-order valence-corrected chi connectivity index (χ0v) is 17.4. The molecule has 7 heteroatoms. The molecular formula is C24H21F3N2OS. The van der Waals surface area contributed by atoms with Crippen LogP contribution in [0.2, 0.25) is 0 Å². The van der Waals surface area contributed by atoms with Crippen molar-refractivity contribution in [2.45, 2.75) is 18.3 Å². The van der Waals surface area contributed by atoms with Crippen LogP contribution in [0.25, 0.3) is 10.9 Å². The van der Waals surface area contributed by atoms with E-state index in [9.17, 15) is 13.2 Å². The average molecular weight is 443 g/mol. The molecule has 4 aromatic rings. The molecule has 31 heavy (non-hydrogen) atoms. The van der Waals surface area contributed by atoms with Gasteiger partial charge in [-0.2, -0.15) is 13.2 Å². The Balaban J connectivity index is 1.33. The highest BCUT2D eigenvalue weighted by Gasteiger charge is 2.29. The molecule has 0 fully saturated rings. The Morgan fingerprint density at radius 3 is 2.42 bits per heavy atom. The predicted octanol–water partition coefficient (Wildman–Crippen LogP) is 7.07. The topological polar surface area (TPSA) is 37.0 Å². The van der Waals surface area contributed by atoms with Gasteiger partial charge in [0.2, 0.25) is 0 Å². The normalized spacial score (nSPS) is 11.6. The van der Waals surface area contributed by atoms with E-state index in [2.05, 4.69) is 21.8 Å². The third kappa shape index (κ3) is 5.55. The Morgan fingerprint density at radius 1 is 0.903 bits per heavy atom. The van der Waals surface area contributed by atoms with Gasteiger partial charge in [-0.15, -0.1) is 0 Å². The number of aromatic amines is 1. The van der Waals surface area contributed by atoms with E-state index < -0.39 is 11.7 Å². The van der Waals surface area contributed by atoms with Gasteiger partial charge in [-0.05, 0) is 53.4 Å². The van der Waals surface area contributed by atoms with E-state index in [1.165, 1.54) is 17.7 Å². The third-order valence-corrected chi connectivity index (χ3v) is 5.70. The second kappa shape index (κ2) is 9.39. The van der Waals surface area contributed by atoms with Crippen molar-refractivity contribution in [2.24, 2.45) is 0 Å². The molecule has 0 spiro atoms. The molecule has 160 valence electrons. The number of anilines is 1. The summed E-state index contributed by atoms with van der Waals surface area (Å²) in [6, 6.07) is 21.2. The molecule has 0 bridgehead atoms. The van der Waals surface area contributed by atoms with Crippen LogP contribution in [0.3, 0.4) is 0 Å². The standard InChI is InChI=1S/C24H21F3N2OS/c25-24(26,27)19-8-6-17(7-9-19)12-13-30-20-10-11-22-21(14-20)23(15-28-22)29-31-16-18-4-2-1-3-5-18/h1-11,14-15,28-29H,12-13,16H2. The van der Waals surface area contributed by atoms with Crippen molar-refractivity contribution >= 4 is 28.5 Å². The molecule has 0 aliphatic heterocycles. The van der Waals surface area contributed by atoms with Crippen LogP contribution >= 0.6 is 11.9 Å². The van der Waals surface area contributed by atoms with Crippen molar-refractivity contribution in [1.82, 2.24) is 4.98 Å². The van der Waals surface area contributed by atoms with E-state index in [-0.39, 0.29) is 0 Å². The Kier molecular flexibility index (Phi) is 6.42. The number of hydrogen-bond donors (Lipinski definition) is 2. The van der Waals surface area contributed by atoms with Crippen LogP contribution in [0.1, 0.15) is 16.7 Å². The lowest BCUT2D eigenvalue weighted by Crippen LogP contribution is -2.05. The number of aromatic nitrogens is 1. The van der Waals surface area contributed by atoms with Gasteiger partial charge in [0.1, 0.15) is 5.75 Å². The highest BCUT2D eigenvalue weighted by atomic mass is 32.2. The van der Waals surface area contributed by atoms with Crippen molar-refractivity contribution in [1.29, 1.82) is 0 Å². The van der Waals surface area contributed by atoms with Crippen LogP contribution in [0.5, 0.6) is 5.75 Å². The number of fused-ring (bicyclic) bond motifs is 1. The summed E-state index contributed by atoms with van der Waals surface area (Å²) in [4.78, 5) is 3.24. The molecule has 3 nitrogen and oxygen atoms in total. The molecule has 0 unspecified atom stereocenters. The molecule has 3 aromatic carbocycles. The van der Waals surface area contributed by atoms with Gasteiger partial charge in [0.25, 0.3) is 0 Å². The van der Waals surface area contributed by atoms with Crippen LogP contribution in [-0.4, -0.2) is 11.6 Å². The highest BCUT2D eigenvalue weighted by molar-refractivity contribution is 7.99. The first-order chi connectivity index (χ1) is 15.0. The summed E-state index contributed by atoms with van der Waals surface area (Å²) < 4.78 is 47.2. The van der Waals surface area contributed by atoms with Gasteiger partial charge in [0.15, 0.2) is 0 Å². The molecule has 0 saturated heterocycles. The van der Waals surface area contributed by atoms with Crippen molar-refractivity contribution in [3.8, 4) is 5.75 Å². The quantitative estimate of drug-likeness (QED) is 0.287. The van der Waals surface area contributed by atoms with Gasteiger partial charge in [-0.25, -0.2) is 0 Å². The average Bonchev–Trinajstić information content (AvgIpc) is 3.17. The Morgan fingerprint density at radius 2 is 1.68 bits per heavy atom. The van der Waals surface area contributed by atoms with E-state index >= 15 is 0 Å². The molecule has 0 atom stereocenters. The van der Waals surface area contributed by atoms with Gasteiger partial charge < -0.3 is 14.4 Å². The first-order valence-corrected chi connectivity index (χ1v) is 10.8. The smallest absolute Gasteiger partial charge is 0.416 e. The summed E-state index contributed by atoms with van der Waals surface area (Å²) >= 11 is 1.61. The summed E-state index contributed by atoms with van der Waals surface area (Å²) in [6.07, 6.45) is -1.86. The van der Waals surface area contributed by atoms with Gasteiger partial charge in [-0.1, -0.05) is 42.5 Å². The SMILES string of the molecule is FC(F)(F)c1ccc(CCOc2ccc3[nH]cc(NSCc4ccccc4)c3c2)cc1. The summed E-state index contributed by atoms with van der Waals surface area (Å²) in [5.41, 5.74) is 3.38. The molecule has 0 saturated carbocycles. The van der Waals surface area contributed by atoms with Gasteiger partial charge in [0, 0.05) is 29.3 Å². The van der Waals surface area contributed by atoms with Crippen LogP contribution in [-0.2, 0) is 18.3 Å². The largest absolute Gasteiger partial charge is 0.493 e. The van der Waals surface area contributed by atoms with E-state index in [4.69, 9.17) is 4.74 Å². The summed E-state index contributed by atoms with van der Waals surface area (Å²) in [5.74, 6) is 1.56. The van der Waals surface area contributed by atoms with Crippen LogP contribution in [0, 0.1) is 0 Å². The minimum absolute atomic E-state index is 0.382. The lowest BCUT2D eigenvalue weighted by Gasteiger charge is -2.09. The molecule has 0 radical (unpaired) electrons. The van der Waals surface area contributed by atoms with E-state index in [1.54, 1.807) is 11.9 Å². The molecule has 0 aliphatic carbocycles. The van der Waals surface area contributed by atoms with E-state index in [1.807, 2.05) is 42.6 Å². The Bertz CT molecular complexity index is 1130. The molecule has 2 N–H and O–H groups in total. The highest BCUT2D eigenvalue weighted by Crippen LogP contribution is 2.30. The maximum atomic E-state index is 12.7. The second-order valence-electron chi connectivity index (χ2n) is 7.08. The number of halogens is 3. The predicted molar refractivity (Wildman–Crippen MR) is 120 cm³/mol. The Labute approximate surface area is 182 Å². The van der Waals surface area contributed by atoms with Crippen LogP contribution in [0.4, 0.5) is 18.9 Å². The molecule has 1 aromatic heterocycles. The molecule has 1 heterocycles. The number of alkyl halides is 3. The zero-order chi connectivity index (χ0) is 21.7. The van der Waals surface area contributed by atoms with Gasteiger partial charge >= 0.3 is 6.18 Å². The maximum absolute atomic E-state index is 12.7. The Hall–Kier alpha value is -3.06. The third-order valence-electron chi connectivity index (χ3n) is 4.86. The van der Waals surface area contributed by atoms with Crippen molar-refractivity contribution < 1.29 is 17.9 Å². The monoisotopic (exact) mass is 442 g/mol. The van der Waals surface area contributed by atoms with Crippen LogP contribution in [0.15, 0.2) is 79.0 Å². The lowest BCUT2D eigenvalue weighted by molar-refractivity contribution is -0.137. The number of nitrogens with one attached hydrogen (secondary N) is 2. The lowest BCUT2D eigenvalue weighted by atomic mass is 10.1. The first-order valence-electron chi connectivity index (χ1n) is 9.81. The number of rotatable bonds is 8. The van der Waals surface area contributed by atoms with E-state index in [0.29, 0.717) is 13.0 Å². The number of ether oxygens (including phenoxy) is 1. The minimum atomic E-state index is -4.31. The molecule has 0 amide bonds. The maximum Gasteiger partial charge on any atom is 0.416 e. The summed E-state index contributed by atoms with van der Waals surface area (Å²) in [6.45, 7) is 0.382. The number of H-pyrrole nitrogens is 1. The zero-order valence-electron chi connectivity index (χ0n) is 16.6. The fourth-order valence-electron chi connectivity index (χ4n) is 3.19. The number of benzene rings is 3. The van der Waals surface area contributed by atoms with Crippen molar-refractivity contribution in [2.75, 3.05) is 11.3 Å². The van der Waals surface area contributed by atoms with Gasteiger partial charge in [-0.3, -0.25) is 0 Å². The van der Waals surface area contributed by atoms with Crippen LogP contribution < -0.4 is 9.46 Å². The van der Waals surface area contributed by atoms with Crippen molar-refractivity contribution in [3.05, 3.63) is 95.7 Å². The molecule has 0 aliphatic rings. The summed E-state index contributed by atoms with van der Waals surface area (Å²) in [5, 5.41) is 1.02. The van der Waals surface area contributed by atoms with E-state index in [0.717, 1.165) is 45.8 Å². The fourth-order valence-corrected chi connectivity index (χ4v) is 3.95. The second-order valence-corrected chi connectivity index (χ2v) is 7.86. The van der Waals surface area contributed by atoms with Crippen molar-refractivity contribution in [3.63, 3.8) is 0 Å². The molecular weight excluding hydrogens is 421 g/mol. The summed E-state index contributed by atoms with van der Waals surface area (Å²) in [7, 11) is 0. The fraction of sp³-hybridized carbons (Fsp3) is 0.167.